The number of tetrazole rings is 2. The number of ether oxygens (including phenoxy) is 2. The highest BCUT2D eigenvalue weighted by Crippen LogP contribution is 2.35. The minimum absolute atomic E-state index is 0. The molecule has 4 aliphatic rings. The van der Waals surface area contributed by atoms with Gasteiger partial charge in [0.1, 0.15) is 29.9 Å². The number of nitrogens with one attached hydrogen (secondary N) is 2. The number of hydrogen-bond donors (Lipinski definition) is 2. The number of rotatable bonds is 10. The van der Waals surface area contributed by atoms with Gasteiger partial charge in [-0.2, -0.15) is 4.80 Å². The Kier molecular flexibility index (Phi) is 13.8. The number of hydrogen-bond acceptors (Lipinski definition) is 14. The van der Waals surface area contributed by atoms with E-state index >= 15 is 0 Å². The average molecular weight is 859 g/mol. The van der Waals surface area contributed by atoms with Crippen LogP contribution in [0, 0.1) is 23.3 Å². The fourth-order valence-electron chi connectivity index (χ4n) is 7.57. The largest absolute Gasteiger partial charge is 0.442 e. The summed E-state index contributed by atoms with van der Waals surface area (Å²) in [5.41, 5.74) is -0.0826. The van der Waals surface area contributed by atoms with Crippen molar-refractivity contribution in [2.24, 2.45) is 0 Å². The van der Waals surface area contributed by atoms with Crippen LogP contribution in [0.5, 0.6) is 0 Å². The first-order valence-electron chi connectivity index (χ1n) is 19.2. The van der Waals surface area contributed by atoms with Gasteiger partial charge in [0.15, 0.2) is 29.6 Å². The van der Waals surface area contributed by atoms with Gasteiger partial charge in [0.2, 0.25) is 11.8 Å². The summed E-state index contributed by atoms with van der Waals surface area (Å²) >= 11 is 0. The SMILES string of the molecule is C.CC(=O)NC[C@H]1CN(c2cc(F)c(N3CCC(n4cnnn4)CC3)c(F)c2)C(=O)O1.CC(=O)NC[C@H]1CN(c2cc(F)c(N3CCC(n4ncnn4)CC3)c(F)c2)C(=O)O1. The van der Waals surface area contributed by atoms with E-state index in [0.717, 1.165) is 34.1 Å². The molecule has 0 spiro atoms. The number of amides is 4. The van der Waals surface area contributed by atoms with E-state index < -0.39 is 47.7 Å². The van der Waals surface area contributed by atoms with Crippen molar-refractivity contribution in [1.29, 1.82) is 0 Å². The summed E-state index contributed by atoms with van der Waals surface area (Å²) in [7, 11) is 0. The van der Waals surface area contributed by atoms with Crippen LogP contribution in [0.15, 0.2) is 36.9 Å². The van der Waals surface area contributed by atoms with Gasteiger partial charge in [0.05, 0.1) is 49.6 Å². The first-order chi connectivity index (χ1) is 28.8. The van der Waals surface area contributed by atoms with E-state index in [4.69, 9.17) is 9.47 Å². The van der Waals surface area contributed by atoms with Crippen LogP contribution in [0.2, 0.25) is 0 Å². The Morgan fingerprint density at radius 1 is 0.689 bits per heavy atom. The van der Waals surface area contributed by atoms with Gasteiger partial charge in [-0.15, -0.1) is 15.3 Å². The molecule has 4 amide bonds. The van der Waals surface area contributed by atoms with Crippen molar-refractivity contribution in [2.45, 2.75) is 71.2 Å². The third-order valence-electron chi connectivity index (χ3n) is 10.5. The second-order valence-electron chi connectivity index (χ2n) is 14.6. The number of carbonyl (C=O) groups is 4. The summed E-state index contributed by atoms with van der Waals surface area (Å²) in [4.78, 5) is 53.4. The Bertz CT molecular complexity index is 1970. The van der Waals surface area contributed by atoms with Gasteiger partial charge < -0.3 is 29.9 Å². The average Bonchev–Trinajstić information content (AvgIpc) is 4.05. The van der Waals surface area contributed by atoms with Crippen LogP contribution in [0.25, 0.3) is 0 Å². The Balaban J connectivity index is 0.000000201. The Morgan fingerprint density at radius 2 is 1.13 bits per heavy atom. The summed E-state index contributed by atoms with van der Waals surface area (Å²) in [6.07, 6.45) is 2.84. The molecule has 24 heteroatoms. The summed E-state index contributed by atoms with van der Waals surface area (Å²) in [6.45, 7) is 4.92. The lowest BCUT2D eigenvalue weighted by Gasteiger charge is -2.33. The van der Waals surface area contributed by atoms with Crippen molar-refractivity contribution in [3.63, 3.8) is 0 Å². The van der Waals surface area contributed by atoms with Gasteiger partial charge in [0, 0.05) is 64.3 Å². The molecule has 6 heterocycles. The predicted octanol–water partition coefficient (Wildman–Crippen LogP) is 3.14. The molecule has 2 aromatic carbocycles. The molecule has 0 unspecified atom stereocenters. The number of benzene rings is 2. The maximum Gasteiger partial charge on any atom is 0.414 e. The molecule has 0 aliphatic carbocycles. The van der Waals surface area contributed by atoms with Crippen LogP contribution in [-0.2, 0) is 19.1 Å². The zero-order valence-electron chi connectivity index (χ0n) is 32.6. The Hall–Kier alpha value is -6.62. The van der Waals surface area contributed by atoms with E-state index in [1.807, 2.05) is 0 Å². The molecule has 0 radical (unpaired) electrons. The van der Waals surface area contributed by atoms with Crippen molar-refractivity contribution in [2.75, 3.05) is 72.0 Å². The van der Waals surface area contributed by atoms with Gasteiger partial charge in [-0.05, 0) is 41.3 Å². The van der Waals surface area contributed by atoms with Crippen LogP contribution >= 0.6 is 0 Å². The van der Waals surface area contributed by atoms with Gasteiger partial charge in [-0.3, -0.25) is 19.4 Å². The Labute approximate surface area is 347 Å². The normalized spacial score (nSPS) is 19.5. The summed E-state index contributed by atoms with van der Waals surface area (Å²) in [5.74, 6) is -3.50. The van der Waals surface area contributed by atoms with E-state index in [1.165, 1.54) is 31.3 Å². The van der Waals surface area contributed by atoms with Crippen molar-refractivity contribution in [3.05, 3.63) is 60.2 Å². The number of carbonyl (C=O) groups excluding carboxylic acids is 4. The standard InChI is InChI=1S/2C18H21F2N7O3.CH4/c1-11(28)21-8-14-9-26(18(29)30-14)13-6-15(19)17(16(20)7-13)25-4-2-12(3-5-25)27-10-22-23-24-27;1-11(28)21-8-14-9-26(18(29)30-14)13-6-15(19)17(16(20)7-13)25-4-2-12(3-5-25)27-23-10-22-24-27;/h2*6-7,10,12,14H,2-5,8-9H2,1H3,(H,21,28);1H4/t2*14-;/m00./s1. The molecule has 2 aromatic heterocycles. The molecule has 328 valence electrons. The predicted molar refractivity (Wildman–Crippen MR) is 209 cm³/mol. The van der Waals surface area contributed by atoms with E-state index in [1.54, 1.807) is 14.5 Å². The second kappa shape index (κ2) is 19.2. The van der Waals surface area contributed by atoms with Crippen LogP contribution < -0.4 is 30.2 Å². The fourth-order valence-corrected chi connectivity index (χ4v) is 7.57. The molecular weight excluding hydrogens is 812 g/mol. The van der Waals surface area contributed by atoms with E-state index in [2.05, 4.69) is 41.6 Å². The lowest BCUT2D eigenvalue weighted by molar-refractivity contribution is -0.120. The summed E-state index contributed by atoms with van der Waals surface area (Å²) in [5, 5.41) is 27.8. The number of aromatic nitrogens is 8. The third-order valence-corrected chi connectivity index (χ3v) is 10.5. The minimum atomic E-state index is -0.750. The quantitative estimate of drug-likeness (QED) is 0.220. The van der Waals surface area contributed by atoms with Crippen molar-refractivity contribution < 1.29 is 46.2 Å². The molecular formula is C37H46F4N14O6. The van der Waals surface area contributed by atoms with Crippen LogP contribution in [0.1, 0.15) is 59.0 Å². The highest BCUT2D eigenvalue weighted by atomic mass is 19.1. The third kappa shape index (κ3) is 10.2. The number of halogens is 4. The first-order valence-corrected chi connectivity index (χ1v) is 19.2. The van der Waals surface area contributed by atoms with Crippen molar-refractivity contribution >= 4 is 46.8 Å². The molecule has 8 rings (SSSR count). The first kappa shape index (κ1) is 43.9. The highest BCUT2D eigenvalue weighted by molar-refractivity contribution is 5.91. The molecule has 2 atom stereocenters. The zero-order chi connectivity index (χ0) is 42.5. The van der Waals surface area contributed by atoms with Crippen molar-refractivity contribution in [1.82, 2.24) is 51.0 Å². The molecule has 61 heavy (non-hydrogen) atoms. The van der Waals surface area contributed by atoms with Crippen LogP contribution in [0.4, 0.5) is 49.9 Å². The maximum atomic E-state index is 14.8. The molecule has 4 aliphatic heterocycles. The monoisotopic (exact) mass is 858 g/mol. The number of cyclic esters (lactones) is 2. The van der Waals surface area contributed by atoms with Crippen molar-refractivity contribution in [3.8, 4) is 0 Å². The van der Waals surface area contributed by atoms with Gasteiger partial charge in [-0.1, -0.05) is 7.43 Å². The highest BCUT2D eigenvalue weighted by Gasteiger charge is 2.36. The number of anilines is 4. The second-order valence-corrected chi connectivity index (χ2v) is 14.6. The van der Waals surface area contributed by atoms with E-state index in [-0.39, 0.29) is 80.3 Å². The molecule has 2 N–H and O–H groups in total. The number of piperidine rings is 2. The molecule has 0 bridgehead atoms. The van der Waals surface area contributed by atoms with Crippen LogP contribution in [-0.4, -0.2) is 129 Å². The van der Waals surface area contributed by atoms with Gasteiger partial charge in [0.25, 0.3) is 0 Å². The number of nitrogens with zero attached hydrogens (tertiary/aromatic N) is 12. The molecule has 4 saturated heterocycles. The van der Waals surface area contributed by atoms with Gasteiger partial charge in [-0.25, -0.2) is 31.8 Å². The van der Waals surface area contributed by atoms with Crippen LogP contribution in [0.3, 0.4) is 0 Å². The molecule has 0 saturated carbocycles. The molecule has 4 fully saturated rings. The lowest BCUT2D eigenvalue weighted by Crippen LogP contribution is -2.36. The lowest BCUT2D eigenvalue weighted by atomic mass is 10.0. The fraction of sp³-hybridized carbons (Fsp3) is 0.514. The Morgan fingerprint density at radius 3 is 1.51 bits per heavy atom. The molecule has 20 nitrogen and oxygen atoms in total. The summed E-state index contributed by atoms with van der Waals surface area (Å²) < 4.78 is 71.3. The van der Waals surface area contributed by atoms with Gasteiger partial charge >= 0.3 is 12.2 Å². The zero-order valence-corrected chi connectivity index (χ0v) is 32.6. The van der Waals surface area contributed by atoms with E-state index in [0.29, 0.717) is 51.9 Å². The topological polar surface area (TPSA) is 211 Å². The maximum absolute atomic E-state index is 14.8. The van der Waals surface area contributed by atoms with E-state index in [9.17, 15) is 36.7 Å². The smallest absolute Gasteiger partial charge is 0.414 e. The minimum Gasteiger partial charge on any atom is -0.442 e. The summed E-state index contributed by atoms with van der Waals surface area (Å²) in [6, 6.07) is 4.65. The molecule has 4 aromatic rings.